The highest BCUT2D eigenvalue weighted by molar-refractivity contribution is 5.96. The quantitative estimate of drug-likeness (QED) is 0.776. The molecule has 0 aliphatic carbocycles. The maximum Gasteiger partial charge on any atom is 0.410 e. The van der Waals surface area contributed by atoms with E-state index in [4.69, 9.17) is 4.74 Å². The largest absolute Gasteiger partial charge is 0.450 e. The van der Waals surface area contributed by atoms with Gasteiger partial charge in [0.25, 0.3) is 0 Å². The zero-order chi connectivity index (χ0) is 13.4. The minimum atomic E-state index is -0.234. The molecule has 3 heterocycles. The van der Waals surface area contributed by atoms with Crippen molar-refractivity contribution in [3.63, 3.8) is 0 Å². The highest BCUT2D eigenvalue weighted by Crippen LogP contribution is 2.38. The molecular weight excluding hydrogens is 246 g/mol. The van der Waals surface area contributed by atoms with E-state index in [1.54, 1.807) is 0 Å². The van der Waals surface area contributed by atoms with Gasteiger partial charge >= 0.3 is 6.09 Å². The molecule has 3 atom stereocenters. The third-order valence-corrected chi connectivity index (χ3v) is 4.33. The average Bonchev–Trinajstić information content (AvgIpc) is 2.39. The molecule has 0 radical (unpaired) electrons. The van der Waals surface area contributed by atoms with Gasteiger partial charge in [0.05, 0.1) is 6.61 Å². The molecule has 2 saturated heterocycles. The third kappa shape index (κ3) is 2.09. The molecule has 3 rings (SSSR count). The molecule has 0 saturated carbocycles. The molecule has 1 N–H and O–H groups in total. The zero-order valence-electron chi connectivity index (χ0n) is 11.1. The number of nitrogens with one attached hydrogen (secondary N) is 1. The lowest BCUT2D eigenvalue weighted by atomic mass is 9.74. The van der Waals surface area contributed by atoms with Crippen molar-refractivity contribution in [3.8, 4) is 0 Å². The molecule has 0 spiro atoms. The smallest absolute Gasteiger partial charge is 0.410 e. The second kappa shape index (κ2) is 4.83. The number of amides is 2. The first kappa shape index (κ1) is 12.4. The monoisotopic (exact) mass is 265 g/mol. The highest BCUT2D eigenvalue weighted by atomic mass is 16.6. The fourth-order valence-electron chi connectivity index (χ4n) is 3.57. The maximum absolute atomic E-state index is 12.1. The number of nitrogens with zero attached hydrogens (tertiary/aromatic N) is 2. The number of fused-ring (bicyclic) bond motifs is 4. The first-order chi connectivity index (χ1) is 9.20. The van der Waals surface area contributed by atoms with E-state index in [9.17, 15) is 9.59 Å². The molecule has 3 aliphatic heterocycles. The molecule has 2 fully saturated rings. The van der Waals surface area contributed by atoms with Crippen LogP contribution in [-0.4, -0.2) is 41.3 Å². The Morgan fingerprint density at radius 2 is 2.32 bits per heavy atom. The van der Waals surface area contributed by atoms with Gasteiger partial charge < -0.3 is 9.64 Å². The van der Waals surface area contributed by atoms with Crippen LogP contribution in [0.25, 0.3) is 0 Å². The van der Waals surface area contributed by atoms with Gasteiger partial charge in [-0.3, -0.25) is 4.79 Å². The number of hydrazone groups is 1. The fourth-order valence-corrected chi connectivity index (χ4v) is 3.57. The second-order valence-corrected chi connectivity index (χ2v) is 5.41. The molecular formula is C13H19N3O3. The van der Waals surface area contributed by atoms with Gasteiger partial charge in [0.2, 0.25) is 5.91 Å². The van der Waals surface area contributed by atoms with Crippen molar-refractivity contribution in [2.45, 2.75) is 51.1 Å². The normalized spacial score (nSPS) is 33.1. The van der Waals surface area contributed by atoms with E-state index in [1.807, 2.05) is 11.8 Å². The van der Waals surface area contributed by atoms with E-state index in [1.165, 1.54) is 0 Å². The molecule has 2 bridgehead atoms. The Morgan fingerprint density at radius 3 is 3.11 bits per heavy atom. The van der Waals surface area contributed by atoms with Gasteiger partial charge in [0, 0.05) is 36.6 Å². The Hall–Kier alpha value is -1.59. The average molecular weight is 265 g/mol. The van der Waals surface area contributed by atoms with Gasteiger partial charge in [-0.2, -0.15) is 5.10 Å². The lowest BCUT2D eigenvalue weighted by molar-refractivity contribution is -0.123. The van der Waals surface area contributed by atoms with Crippen LogP contribution in [0, 0.1) is 5.92 Å². The number of carbonyl (C=O) groups is 2. The van der Waals surface area contributed by atoms with Crippen LogP contribution in [0.4, 0.5) is 4.79 Å². The summed E-state index contributed by atoms with van der Waals surface area (Å²) in [5, 5.41) is 4.19. The minimum Gasteiger partial charge on any atom is -0.450 e. The number of hydrogen-bond acceptors (Lipinski definition) is 4. The second-order valence-electron chi connectivity index (χ2n) is 5.41. The number of carbonyl (C=O) groups excluding carboxylic acids is 2. The number of ether oxygens (including phenoxy) is 1. The Balaban J connectivity index is 1.87. The van der Waals surface area contributed by atoms with Gasteiger partial charge in [-0.05, 0) is 26.2 Å². The number of rotatable bonds is 1. The summed E-state index contributed by atoms with van der Waals surface area (Å²) in [6, 6.07) is 0.263. The first-order valence-corrected chi connectivity index (χ1v) is 7.01. The van der Waals surface area contributed by atoms with Gasteiger partial charge in [-0.15, -0.1) is 0 Å². The van der Waals surface area contributed by atoms with Gasteiger partial charge in [0.15, 0.2) is 0 Å². The van der Waals surface area contributed by atoms with Gasteiger partial charge in [0.1, 0.15) is 0 Å². The SMILES string of the molecule is CCOC(=O)N1C2CCCC1C1CC(=O)NN=C1C2. The van der Waals surface area contributed by atoms with E-state index in [0.717, 1.165) is 31.4 Å². The summed E-state index contributed by atoms with van der Waals surface area (Å²) in [5.41, 5.74) is 3.60. The first-order valence-electron chi connectivity index (χ1n) is 7.01. The summed E-state index contributed by atoms with van der Waals surface area (Å²) in [7, 11) is 0. The van der Waals surface area contributed by atoms with Crippen molar-refractivity contribution >= 4 is 17.7 Å². The van der Waals surface area contributed by atoms with Crippen molar-refractivity contribution < 1.29 is 14.3 Å². The molecule has 104 valence electrons. The van der Waals surface area contributed by atoms with Crippen LogP contribution < -0.4 is 5.43 Å². The van der Waals surface area contributed by atoms with Crippen LogP contribution in [0.1, 0.15) is 39.0 Å². The highest BCUT2D eigenvalue weighted by Gasteiger charge is 2.47. The van der Waals surface area contributed by atoms with Crippen molar-refractivity contribution in [2.75, 3.05) is 6.61 Å². The molecule has 0 aromatic heterocycles. The van der Waals surface area contributed by atoms with Crippen molar-refractivity contribution in [1.29, 1.82) is 0 Å². The standard InChI is InChI=1S/C13H19N3O3/c1-2-19-13(18)16-8-4-3-5-11(16)9-7-12(17)15-14-10(9)6-8/h8-9,11H,2-7H2,1H3,(H,15,17). The molecule has 0 aromatic carbocycles. The number of hydrogen-bond donors (Lipinski definition) is 1. The maximum atomic E-state index is 12.1. The zero-order valence-corrected chi connectivity index (χ0v) is 11.1. The van der Waals surface area contributed by atoms with Crippen molar-refractivity contribution in [3.05, 3.63) is 0 Å². The lowest BCUT2D eigenvalue weighted by Gasteiger charge is -2.50. The molecule has 3 aliphatic rings. The van der Waals surface area contributed by atoms with Gasteiger partial charge in [-0.25, -0.2) is 10.2 Å². The van der Waals surface area contributed by atoms with Crippen LogP contribution >= 0.6 is 0 Å². The summed E-state index contributed by atoms with van der Waals surface area (Å²) in [6.45, 7) is 2.21. The summed E-state index contributed by atoms with van der Waals surface area (Å²) in [4.78, 5) is 25.5. The molecule has 6 heteroatoms. The minimum absolute atomic E-state index is 0.0541. The van der Waals surface area contributed by atoms with E-state index >= 15 is 0 Å². The molecule has 3 unspecified atom stereocenters. The number of piperidine rings is 2. The Morgan fingerprint density at radius 1 is 1.47 bits per heavy atom. The van der Waals surface area contributed by atoms with Crippen LogP contribution in [0.3, 0.4) is 0 Å². The van der Waals surface area contributed by atoms with Gasteiger partial charge in [-0.1, -0.05) is 0 Å². The van der Waals surface area contributed by atoms with Crippen molar-refractivity contribution in [2.24, 2.45) is 11.0 Å². The lowest BCUT2D eigenvalue weighted by Crippen LogP contribution is -2.61. The predicted molar refractivity (Wildman–Crippen MR) is 68.6 cm³/mol. The van der Waals surface area contributed by atoms with Crippen LogP contribution in [0.15, 0.2) is 5.10 Å². The summed E-state index contributed by atoms with van der Waals surface area (Å²) >= 11 is 0. The molecule has 2 amide bonds. The Labute approximate surface area is 112 Å². The van der Waals surface area contributed by atoms with Crippen LogP contribution in [0.2, 0.25) is 0 Å². The van der Waals surface area contributed by atoms with E-state index in [2.05, 4.69) is 10.5 Å². The third-order valence-electron chi connectivity index (χ3n) is 4.33. The van der Waals surface area contributed by atoms with E-state index < -0.39 is 0 Å². The topological polar surface area (TPSA) is 71.0 Å². The van der Waals surface area contributed by atoms with E-state index in [-0.39, 0.29) is 30.0 Å². The van der Waals surface area contributed by atoms with Crippen LogP contribution in [-0.2, 0) is 9.53 Å². The van der Waals surface area contributed by atoms with E-state index in [0.29, 0.717) is 13.0 Å². The predicted octanol–water partition coefficient (Wildman–Crippen LogP) is 1.26. The molecule has 0 aromatic rings. The molecule has 6 nitrogen and oxygen atoms in total. The Kier molecular flexibility index (Phi) is 3.16. The Bertz CT molecular complexity index is 435. The van der Waals surface area contributed by atoms with Crippen molar-refractivity contribution in [1.82, 2.24) is 10.3 Å². The molecule has 19 heavy (non-hydrogen) atoms. The summed E-state index contributed by atoms with van der Waals surface area (Å²) in [5.74, 6) is 0.0243. The fraction of sp³-hybridized carbons (Fsp3) is 0.769. The van der Waals surface area contributed by atoms with Crippen LogP contribution in [0.5, 0.6) is 0 Å². The summed E-state index contributed by atoms with van der Waals surface area (Å²) < 4.78 is 5.17. The summed E-state index contributed by atoms with van der Waals surface area (Å²) in [6.07, 6.45) is 4.01.